The average molecular weight is 270 g/mol. The molecule has 0 spiro atoms. The van der Waals surface area contributed by atoms with E-state index in [-0.39, 0.29) is 12.1 Å². The van der Waals surface area contributed by atoms with Crippen LogP contribution in [0.1, 0.15) is 25.6 Å². The highest BCUT2D eigenvalue weighted by atomic mass is 32.1. The summed E-state index contributed by atoms with van der Waals surface area (Å²) in [5, 5.41) is 12.8. The Labute approximate surface area is 110 Å². The van der Waals surface area contributed by atoms with E-state index in [2.05, 4.69) is 14.7 Å². The molecule has 0 unspecified atom stereocenters. The van der Waals surface area contributed by atoms with Gasteiger partial charge in [-0.15, -0.1) is 0 Å². The predicted molar refractivity (Wildman–Crippen MR) is 69.6 cm³/mol. The first-order valence-corrected chi connectivity index (χ1v) is 6.88. The first kappa shape index (κ1) is 13.2. The Balaban J connectivity index is 1.84. The predicted octanol–water partition coefficient (Wildman–Crippen LogP) is 1.47. The van der Waals surface area contributed by atoms with E-state index < -0.39 is 0 Å². The summed E-state index contributed by atoms with van der Waals surface area (Å²) in [4.78, 5) is 17.8. The summed E-state index contributed by atoms with van der Waals surface area (Å²) in [5.74, 6) is 0.973. The lowest BCUT2D eigenvalue weighted by Gasteiger charge is -2.32. The second kappa shape index (κ2) is 5.62. The first-order valence-electron chi connectivity index (χ1n) is 6.10. The molecule has 7 heteroatoms. The van der Waals surface area contributed by atoms with Crippen LogP contribution in [0.2, 0.25) is 0 Å². The van der Waals surface area contributed by atoms with Crippen LogP contribution in [0.15, 0.2) is 0 Å². The number of nitrogens with one attached hydrogen (secondary N) is 1. The molecule has 0 aliphatic carbocycles. The lowest BCUT2D eigenvalue weighted by atomic mass is 9.92. The zero-order valence-electron chi connectivity index (χ0n) is 10.6. The van der Waals surface area contributed by atoms with Crippen molar-refractivity contribution in [2.45, 2.75) is 32.8 Å². The summed E-state index contributed by atoms with van der Waals surface area (Å²) in [6.45, 7) is 4.96. The van der Waals surface area contributed by atoms with E-state index in [0.29, 0.717) is 30.0 Å². The normalized spacial score (nSPS) is 18.7. The number of aromatic nitrogens is 2. The third-order valence-electron chi connectivity index (χ3n) is 3.25. The highest BCUT2D eigenvalue weighted by Gasteiger charge is 2.25. The number of piperidine rings is 1. The molecule has 2 N–H and O–H groups in total. The van der Waals surface area contributed by atoms with Crippen molar-refractivity contribution in [3.8, 4) is 0 Å². The van der Waals surface area contributed by atoms with Crippen LogP contribution in [0, 0.1) is 12.8 Å². The van der Waals surface area contributed by atoms with Gasteiger partial charge in [-0.25, -0.2) is 9.78 Å². The van der Waals surface area contributed by atoms with Crippen LogP contribution in [0.3, 0.4) is 0 Å². The molecule has 18 heavy (non-hydrogen) atoms. The van der Waals surface area contributed by atoms with Gasteiger partial charge in [0.25, 0.3) is 0 Å². The maximum atomic E-state index is 11.9. The number of aliphatic hydroxyl groups is 1. The summed E-state index contributed by atoms with van der Waals surface area (Å²) in [6.07, 6.45) is 1.40. The maximum absolute atomic E-state index is 11.9. The minimum Gasteiger partial charge on any atom is -0.393 e. The molecule has 1 aromatic rings. The van der Waals surface area contributed by atoms with E-state index in [4.69, 9.17) is 0 Å². The van der Waals surface area contributed by atoms with E-state index in [1.54, 1.807) is 11.8 Å². The Morgan fingerprint density at radius 3 is 2.72 bits per heavy atom. The van der Waals surface area contributed by atoms with Crippen molar-refractivity contribution in [1.29, 1.82) is 0 Å². The Hall–Kier alpha value is -1.21. The zero-order valence-corrected chi connectivity index (χ0v) is 11.4. The van der Waals surface area contributed by atoms with Crippen LogP contribution in [0.4, 0.5) is 9.93 Å². The molecular formula is C11H18N4O2S. The van der Waals surface area contributed by atoms with Gasteiger partial charge in [-0.3, -0.25) is 5.32 Å². The molecule has 0 radical (unpaired) electrons. The van der Waals surface area contributed by atoms with Crippen LogP contribution in [-0.4, -0.2) is 44.6 Å². The van der Waals surface area contributed by atoms with Gasteiger partial charge in [-0.1, -0.05) is 0 Å². The number of nitrogens with zero attached hydrogens (tertiary/aromatic N) is 3. The standard InChI is InChI=1S/C11H18N4O2S/c1-7(16)9-3-5-15(6-4-9)11(17)13-10-12-8(2)14-18-10/h7,9,16H,3-6H2,1-2H3,(H,12,13,14,17)/t7-/m1/s1. The third-order valence-corrected chi connectivity index (χ3v) is 3.97. The van der Waals surface area contributed by atoms with Gasteiger partial charge in [0.05, 0.1) is 6.10 Å². The number of likely N-dealkylation sites (tertiary alicyclic amines) is 1. The molecule has 100 valence electrons. The van der Waals surface area contributed by atoms with Gasteiger partial charge in [0.2, 0.25) is 5.13 Å². The van der Waals surface area contributed by atoms with Gasteiger partial charge in [0.15, 0.2) is 0 Å². The van der Waals surface area contributed by atoms with Crippen molar-refractivity contribution in [2.75, 3.05) is 18.4 Å². The lowest BCUT2D eigenvalue weighted by Crippen LogP contribution is -2.42. The number of carbonyl (C=O) groups excluding carboxylic acids is 1. The van der Waals surface area contributed by atoms with Crippen LogP contribution in [-0.2, 0) is 0 Å². The van der Waals surface area contributed by atoms with Gasteiger partial charge in [-0.05, 0) is 32.6 Å². The summed E-state index contributed by atoms with van der Waals surface area (Å²) in [7, 11) is 0. The van der Waals surface area contributed by atoms with Gasteiger partial charge in [0.1, 0.15) is 5.82 Å². The van der Waals surface area contributed by atoms with E-state index in [9.17, 15) is 9.90 Å². The Morgan fingerprint density at radius 2 is 2.22 bits per heavy atom. The van der Waals surface area contributed by atoms with Crippen LogP contribution in [0.25, 0.3) is 0 Å². The first-order chi connectivity index (χ1) is 8.56. The van der Waals surface area contributed by atoms with Gasteiger partial charge >= 0.3 is 6.03 Å². The molecule has 1 aromatic heterocycles. The number of aryl methyl sites for hydroxylation is 1. The molecule has 2 amide bonds. The number of aliphatic hydroxyl groups excluding tert-OH is 1. The maximum Gasteiger partial charge on any atom is 0.323 e. The van der Waals surface area contributed by atoms with E-state index in [1.807, 2.05) is 6.92 Å². The summed E-state index contributed by atoms with van der Waals surface area (Å²) < 4.78 is 4.01. The second-order valence-corrected chi connectivity index (χ2v) is 5.39. The van der Waals surface area contributed by atoms with E-state index in [0.717, 1.165) is 12.8 Å². The summed E-state index contributed by atoms with van der Waals surface area (Å²) in [6, 6.07) is -0.129. The molecule has 0 aromatic carbocycles. The van der Waals surface area contributed by atoms with Crippen molar-refractivity contribution >= 4 is 22.7 Å². The highest BCUT2D eigenvalue weighted by molar-refractivity contribution is 7.09. The molecule has 2 rings (SSSR count). The van der Waals surface area contributed by atoms with Crippen molar-refractivity contribution < 1.29 is 9.90 Å². The minimum absolute atomic E-state index is 0.129. The zero-order chi connectivity index (χ0) is 13.1. The number of amides is 2. The molecule has 1 atom stereocenters. The van der Waals surface area contributed by atoms with Crippen molar-refractivity contribution in [2.24, 2.45) is 5.92 Å². The SMILES string of the molecule is Cc1nsc(NC(=O)N2CCC([C@@H](C)O)CC2)n1. The Morgan fingerprint density at radius 1 is 1.56 bits per heavy atom. The van der Waals surface area contributed by atoms with Gasteiger partial charge in [-0.2, -0.15) is 4.37 Å². The number of hydrogen-bond donors (Lipinski definition) is 2. The van der Waals surface area contributed by atoms with Gasteiger partial charge < -0.3 is 10.0 Å². The fourth-order valence-corrected chi connectivity index (χ4v) is 2.67. The summed E-state index contributed by atoms with van der Waals surface area (Å²) >= 11 is 1.19. The molecule has 1 fully saturated rings. The number of urea groups is 1. The number of anilines is 1. The molecule has 1 aliphatic rings. The second-order valence-electron chi connectivity index (χ2n) is 4.64. The van der Waals surface area contributed by atoms with E-state index >= 15 is 0 Å². The summed E-state index contributed by atoms with van der Waals surface area (Å²) in [5.41, 5.74) is 0. The van der Waals surface area contributed by atoms with Crippen molar-refractivity contribution in [3.05, 3.63) is 5.82 Å². The molecule has 6 nitrogen and oxygen atoms in total. The monoisotopic (exact) mass is 270 g/mol. The van der Waals surface area contributed by atoms with Crippen LogP contribution in [0.5, 0.6) is 0 Å². The number of rotatable bonds is 2. The highest BCUT2D eigenvalue weighted by Crippen LogP contribution is 2.21. The van der Waals surface area contributed by atoms with Crippen molar-refractivity contribution in [3.63, 3.8) is 0 Å². The molecule has 2 heterocycles. The quantitative estimate of drug-likeness (QED) is 0.853. The fourth-order valence-electron chi connectivity index (χ4n) is 2.10. The Bertz CT molecular complexity index is 413. The van der Waals surface area contributed by atoms with E-state index in [1.165, 1.54) is 11.5 Å². The van der Waals surface area contributed by atoms with Crippen LogP contribution >= 0.6 is 11.5 Å². The Kier molecular flexibility index (Phi) is 4.13. The average Bonchev–Trinajstić information content (AvgIpc) is 2.75. The minimum atomic E-state index is -0.291. The molecule has 0 saturated carbocycles. The molecular weight excluding hydrogens is 252 g/mol. The molecule has 1 saturated heterocycles. The fraction of sp³-hybridized carbons (Fsp3) is 0.727. The lowest BCUT2D eigenvalue weighted by molar-refractivity contribution is 0.0820. The van der Waals surface area contributed by atoms with Crippen LogP contribution < -0.4 is 5.32 Å². The largest absolute Gasteiger partial charge is 0.393 e. The smallest absolute Gasteiger partial charge is 0.323 e. The van der Waals surface area contributed by atoms with Gasteiger partial charge in [0, 0.05) is 24.6 Å². The molecule has 0 bridgehead atoms. The van der Waals surface area contributed by atoms with Crippen molar-refractivity contribution in [1.82, 2.24) is 14.3 Å². The molecule has 1 aliphatic heterocycles. The number of hydrogen-bond acceptors (Lipinski definition) is 5. The topological polar surface area (TPSA) is 78.4 Å². The number of carbonyl (C=O) groups is 1. The third kappa shape index (κ3) is 3.17.